The Bertz CT molecular complexity index is 922. The summed E-state index contributed by atoms with van der Waals surface area (Å²) in [5.41, 5.74) is 2.24. The molecule has 132 valence electrons. The molecule has 0 radical (unpaired) electrons. The molecule has 6 nitrogen and oxygen atoms in total. The number of anilines is 2. The van der Waals surface area contributed by atoms with Gasteiger partial charge < -0.3 is 15.3 Å². The van der Waals surface area contributed by atoms with Crippen molar-refractivity contribution in [1.29, 1.82) is 0 Å². The third kappa shape index (κ3) is 3.31. The van der Waals surface area contributed by atoms with Crippen LogP contribution in [0.3, 0.4) is 0 Å². The summed E-state index contributed by atoms with van der Waals surface area (Å²) < 4.78 is 0. The van der Waals surface area contributed by atoms with E-state index >= 15 is 0 Å². The predicted molar refractivity (Wildman–Crippen MR) is 102 cm³/mol. The van der Waals surface area contributed by atoms with Gasteiger partial charge in [0.15, 0.2) is 0 Å². The maximum atomic E-state index is 11.3. The van der Waals surface area contributed by atoms with Gasteiger partial charge in [0.1, 0.15) is 12.1 Å². The molecular formula is C20H20N4O2. The maximum absolute atomic E-state index is 11.3. The zero-order chi connectivity index (χ0) is 17.9. The van der Waals surface area contributed by atoms with Crippen LogP contribution in [-0.2, 0) is 0 Å². The van der Waals surface area contributed by atoms with E-state index in [0.29, 0.717) is 11.9 Å². The third-order valence-electron chi connectivity index (χ3n) is 4.84. The third-order valence-corrected chi connectivity index (χ3v) is 4.84. The number of hydrogen-bond donors (Lipinski definition) is 2. The molecule has 1 aliphatic heterocycles. The molecule has 4 rings (SSSR count). The van der Waals surface area contributed by atoms with Crippen LogP contribution in [0.4, 0.5) is 11.5 Å². The highest BCUT2D eigenvalue weighted by Crippen LogP contribution is 2.25. The summed E-state index contributed by atoms with van der Waals surface area (Å²) in [6, 6.07) is 15.7. The van der Waals surface area contributed by atoms with E-state index < -0.39 is 5.97 Å². The van der Waals surface area contributed by atoms with Crippen LogP contribution in [-0.4, -0.2) is 40.2 Å². The van der Waals surface area contributed by atoms with Crippen molar-refractivity contribution in [3.05, 3.63) is 60.4 Å². The molecule has 3 aromatic rings. The smallest absolute Gasteiger partial charge is 0.335 e. The second-order valence-electron chi connectivity index (χ2n) is 6.50. The van der Waals surface area contributed by atoms with E-state index in [2.05, 4.69) is 44.5 Å². The van der Waals surface area contributed by atoms with E-state index in [9.17, 15) is 9.90 Å². The lowest BCUT2D eigenvalue weighted by molar-refractivity contribution is 0.0697. The minimum atomic E-state index is -0.946. The van der Waals surface area contributed by atoms with Crippen molar-refractivity contribution in [1.82, 2.24) is 9.97 Å². The fraction of sp³-hybridized carbons (Fsp3) is 0.250. The first-order valence-corrected chi connectivity index (χ1v) is 8.75. The highest BCUT2D eigenvalue weighted by Gasteiger charge is 2.20. The zero-order valence-corrected chi connectivity index (χ0v) is 14.3. The number of hydrogen-bond acceptors (Lipinski definition) is 5. The van der Waals surface area contributed by atoms with Crippen molar-refractivity contribution < 1.29 is 9.90 Å². The normalized spacial score (nSPS) is 15.2. The molecule has 26 heavy (non-hydrogen) atoms. The summed E-state index contributed by atoms with van der Waals surface area (Å²) in [5.74, 6) is -0.242. The molecule has 1 aliphatic rings. The molecule has 1 saturated heterocycles. The summed E-state index contributed by atoms with van der Waals surface area (Å²) in [4.78, 5) is 22.2. The second-order valence-corrected chi connectivity index (χ2v) is 6.50. The number of carboxylic acids is 1. The Morgan fingerprint density at radius 2 is 1.85 bits per heavy atom. The van der Waals surface area contributed by atoms with E-state index in [4.69, 9.17) is 0 Å². The quantitative estimate of drug-likeness (QED) is 0.752. The van der Waals surface area contributed by atoms with Gasteiger partial charge in [0, 0.05) is 30.2 Å². The van der Waals surface area contributed by atoms with Gasteiger partial charge in [-0.05, 0) is 43.2 Å². The molecule has 0 saturated carbocycles. The van der Waals surface area contributed by atoms with Crippen molar-refractivity contribution in [3.63, 3.8) is 0 Å². The Morgan fingerprint density at radius 1 is 1.08 bits per heavy atom. The number of carboxylic acid groups (broad SMARTS) is 1. The summed E-state index contributed by atoms with van der Waals surface area (Å²) in [6.07, 6.45) is 3.52. The minimum Gasteiger partial charge on any atom is -0.478 e. The molecule has 6 heteroatoms. The van der Waals surface area contributed by atoms with E-state index in [0.717, 1.165) is 36.8 Å². The number of aromatic nitrogens is 2. The van der Waals surface area contributed by atoms with Crippen molar-refractivity contribution in [2.75, 3.05) is 23.3 Å². The van der Waals surface area contributed by atoms with Crippen LogP contribution in [0, 0.1) is 0 Å². The van der Waals surface area contributed by atoms with E-state index in [-0.39, 0.29) is 5.56 Å². The van der Waals surface area contributed by atoms with Crippen LogP contribution in [0.15, 0.2) is 54.9 Å². The molecule has 1 aromatic heterocycles. The number of fused-ring (bicyclic) bond motifs is 1. The summed E-state index contributed by atoms with van der Waals surface area (Å²) >= 11 is 0. The average molecular weight is 348 g/mol. The van der Waals surface area contributed by atoms with Crippen LogP contribution >= 0.6 is 0 Å². The number of piperidine rings is 1. The SMILES string of the molecule is O=C(O)c1ccc2ncnc(NC3CCN(c4ccccc4)CC3)c2c1. The first-order chi connectivity index (χ1) is 12.7. The first-order valence-electron chi connectivity index (χ1n) is 8.75. The van der Waals surface area contributed by atoms with Crippen molar-refractivity contribution in [2.24, 2.45) is 0 Å². The number of rotatable bonds is 4. The maximum Gasteiger partial charge on any atom is 0.335 e. The van der Waals surface area contributed by atoms with Gasteiger partial charge in [-0.1, -0.05) is 18.2 Å². The second kappa shape index (κ2) is 7.00. The van der Waals surface area contributed by atoms with Crippen LogP contribution in [0.25, 0.3) is 10.9 Å². The highest BCUT2D eigenvalue weighted by atomic mass is 16.4. The minimum absolute atomic E-state index is 0.245. The Kier molecular flexibility index (Phi) is 4.39. The number of nitrogens with one attached hydrogen (secondary N) is 1. The predicted octanol–water partition coefficient (Wildman–Crippen LogP) is 3.41. The molecule has 0 spiro atoms. The summed E-state index contributed by atoms with van der Waals surface area (Å²) in [5, 5.41) is 13.5. The first kappa shape index (κ1) is 16.3. The molecule has 0 aliphatic carbocycles. The van der Waals surface area contributed by atoms with Gasteiger partial charge in [-0.3, -0.25) is 0 Å². The molecular weight excluding hydrogens is 328 g/mol. The van der Waals surface area contributed by atoms with Gasteiger partial charge in [-0.25, -0.2) is 14.8 Å². The van der Waals surface area contributed by atoms with Crippen LogP contribution in [0.5, 0.6) is 0 Å². The number of carbonyl (C=O) groups is 1. The standard InChI is InChI=1S/C20H20N4O2/c25-20(26)14-6-7-18-17(12-14)19(22-13-21-18)23-15-8-10-24(11-9-15)16-4-2-1-3-5-16/h1-7,12-13,15H,8-11H2,(H,25,26)(H,21,22,23). The zero-order valence-electron chi connectivity index (χ0n) is 14.3. The van der Waals surface area contributed by atoms with Crippen LogP contribution < -0.4 is 10.2 Å². The lowest BCUT2D eigenvalue weighted by Crippen LogP contribution is -2.39. The number of benzene rings is 2. The van der Waals surface area contributed by atoms with Gasteiger partial charge in [0.2, 0.25) is 0 Å². The Balaban J connectivity index is 1.50. The lowest BCUT2D eigenvalue weighted by Gasteiger charge is -2.34. The lowest BCUT2D eigenvalue weighted by atomic mass is 10.0. The van der Waals surface area contributed by atoms with Crippen molar-refractivity contribution in [3.8, 4) is 0 Å². The number of nitrogens with zero attached hydrogens (tertiary/aromatic N) is 3. The van der Waals surface area contributed by atoms with E-state index in [1.54, 1.807) is 18.2 Å². The fourth-order valence-corrected chi connectivity index (χ4v) is 3.42. The van der Waals surface area contributed by atoms with Crippen molar-refractivity contribution in [2.45, 2.75) is 18.9 Å². The topological polar surface area (TPSA) is 78.3 Å². The highest BCUT2D eigenvalue weighted by molar-refractivity contribution is 5.97. The van der Waals surface area contributed by atoms with E-state index in [1.807, 2.05) is 6.07 Å². The van der Waals surface area contributed by atoms with E-state index in [1.165, 1.54) is 12.0 Å². The van der Waals surface area contributed by atoms with Crippen molar-refractivity contribution >= 4 is 28.4 Å². The molecule has 0 unspecified atom stereocenters. The largest absolute Gasteiger partial charge is 0.478 e. The molecule has 2 heterocycles. The van der Waals surface area contributed by atoms with Gasteiger partial charge in [-0.2, -0.15) is 0 Å². The Labute approximate surface area is 151 Å². The van der Waals surface area contributed by atoms with Gasteiger partial charge in [0.25, 0.3) is 0 Å². The fourth-order valence-electron chi connectivity index (χ4n) is 3.42. The van der Waals surface area contributed by atoms with Gasteiger partial charge >= 0.3 is 5.97 Å². The Hall–Kier alpha value is -3.15. The number of para-hydroxylation sites is 1. The average Bonchev–Trinajstić information content (AvgIpc) is 2.69. The summed E-state index contributed by atoms with van der Waals surface area (Å²) in [6.45, 7) is 1.95. The molecule has 0 amide bonds. The van der Waals surface area contributed by atoms with Crippen LogP contribution in [0.2, 0.25) is 0 Å². The Morgan fingerprint density at radius 3 is 2.58 bits per heavy atom. The van der Waals surface area contributed by atoms with Gasteiger partial charge in [0.05, 0.1) is 11.1 Å². The molecule has 0 bridgehead atoms. The molecule has 0 atom stereocenters. The van der Waals surface area contributed by atoms with Gasteiger partial charge in [-0.15, -0.1) is 0 Å². The number of aromatic carboxylic acids is 1. The monoisotopic (exact) mass is 348 g/mol. The molecule has 2 N–H and O–H groups in total. The summed E-state index contributed by atoms with van der Waals surface area (Å²) in [7, 11) is 0. The molecule has 1 fully saturated rings. The van der Waals surface area contributed by atoms with Crippen LogP contribution in [0.1, 0.15) is 23.2 Å². The molecule has 2 aromatic carbocycles.